The van der Waals surface area contributed by atoms with Gasteiger partial charge in [-0.05, 0) is 44.0 Å². The molecule has 0 bridgehead atoms. The molecule has 2 nitrogen and oxygen atoms in total. The average molecular weight is 311 g/mol. The molecule has 1 fully saturated rings. The summed E-state index contributed by atoms with van der Waals surface area (Å²) in [6.07, 6.45) is 5.32. The molecule has 0 spiro atoms. The van der Waals surface area contributed by atoms with E-state index in [-0.39, 0.29) is 0 Å². The van der Waals surface area contributed by atoms with E-state index < -0.39 is 0 Å². The van der Waals surface area contributed by atoms with Crippen LogP contribution in [0.2, 0.25) is 0 Å². The topological polar surface area (TPSA) is 29.3 Å². The molecule has 2 unspecified atom stereocenters. The number of rotatable bonds is 3. The van der Waals surface area contributed by atoms with Gasteiger partial charge in [0.05, 0.1) is 0 Å². The van der Waals surface area contributed by atoms with E-state index in [0.717, 1.165) is 4.47 Å². The minimum absolute atomic E-state index is 0.367. The highest BCUT2D eigenvalue weighted by Gasteiger charge is 2.25. The second kappa shape index (κ2) is 6.69. The fourth-order valence-corrected chi connectivity index (χ4v) is 3.17. The van der Waals surface area contributed by atoms with Crippen molar-refractivity contribution < 1.29 is 0 Å². The highest BCUT2D eigenvalue weighted by atomic mass is 79.9. The number of nitrogens with two attached hydrogens (primary N) is 1. The first kappa shape index (κ1) is 14.0. The lowest BCUT2D eigenvalue weighted by atomic mass is 10.0. The van der Waals surface area contributed by atoms with Gasteiger partial charge in [0.2, 0.25) is 0 Å². The van der Waals surface area contributed by atoms with Crippen molar-refractivity contribution in [2.24, 2.45) is 5.73 Å². The molecule has 0 aliphatic carbocycles. The van der Waals surface area contributed by atoms with Gasteiger partial charge in [0, 0.05) is 23.1 Å². The lowest BCUT2D eigenvalue weighted by molar-refractivity contribution is 0.151. The van der Waals surface area contributed by atoms with E-state index in [1.54, 1.807) is 0 Å². The zero-order valence-electron chi connectivity index (χ0n) is 11.1. The fourth-order valence-electron chi connectivity index (χ4n) is 2.91. The highest BCUT2D eigenvalue weighted by molar-refractivity contribution is 9.10. The zero-order chi connectivity index (χ0) is 13.0. The molecule has 18 heavy (non-hydrogen) atoms. The number of halogens is 1. The first-order chi connectivity index (χ1) is 8.72. The Kier molecular flexibility index (Phi) is 5.22. The lowest BCUT2D eigenvalue weighted by Gasteiger charge is -2.35. The van der Waals surface area contributed by atoms with Crippen LogP contribution in [0.1, 0.15) is 44.2 Å². The van der Waals surface area contributed by atoms with Gasteiger partial charge in [-0.1, -0.05) is 40.9 Å². The Hall–Kier alpha value is -0.380. The van der Waals surface area contributed by atoms with Crippen LogP contribution >= 0.6 is 15.9 Å². The molecule has 0 saturated carbocycles. The van der Waals surface area contributed by atoms with Gasteiger partial charge in [0.15, 0.2) is 0 Å². The summed E-state index contributed by atoms with van der Waals surface area (Å²) in [5, 5.41) is 0. The van der Waals surface area contributed by atoms with Crippen molar-refractivity contribution in [2.75, 3.05) is 13.1 Å². The minimum atomic E-state index is 0.367. The van der Waals surface area contributed by atoms with Gasteiger partial charge in [-0.15, -0.1) is 0 Å². The number of nitrogens with zero attached hydrogens (tertiary/aromatic N) is 1. The molecule has 1 aromatic carbocycles. The molecule has 2 N–H and O–H groups in total. The van der Waals surface area contributed by atoms with Crippen molar-refractivity contribution >= 4 is 15.9 Å². The average Bonchev–Trinajstić information content (AvgIpc) is 2.58. The molecule has 2 rings (SSSR count). The summed E-state index contributed by atoms with van der Waals surface area (Å²) in [6.45, 7) is 4.22. The van der Waals surface area contributed by atoms with E-state index in [4.69, 9.17) is 5.73 Å². The predicted octanol–water partition coefficient (Wildman–Crippen LogP) is 3.71. The molecule has 0 aromatic heterocycles. The maximum atomic E-state index is 6.03. The maximum absolute atomic E-state index is 6.03. The molecule has 1 aliphatic rings. The Balaban J connectivity index is 2.18. The van der Waals surface area contributed by atoms with Crippen LogP contribution in [-0.2, 0) is 0 Å². The van der Waals surface area contributed by atoms with Gasteiger partial charge in [-0.25, -0.2) is 0 Å². The Morgan fingerprint density at radius 3 is 2.67 bits per heavy atom. The summed E-state index contributed by atoms with van der Waals surface area (Å²) >= 11 is 3.49. The van der Waals surface area contributed by atoms with Gasteiger partial charge >= 0.3 is 0 Å². The molecule has 3 heteroatoms. The van der Waals surface area contributed by atoms with Crippen LogP contribution in [0.15, 0.2) is 28.7 Å². The molecule has 2 atom stereocenters. The van der Waals surface area contributed by atoms with Gasteiger partial charge in [0.1, 0.15) is 0 Å². The van der Waals surface area contributed by atoms with E-state index in [1.807, 2.05) is 0 Å². The van der Waals surface area contributed by atoms with Crippen LogP contribution in [0.4, 0.5) is 0 Å². The number of hydrogen-bond acceptors (Lipinski definition) is 2. The van der Waals surface area contributed by atoms with E-state index in [1.165, 1.54) is 37.8 Å². The van der Waals surface area contributed by atoms with Gasteiger partial charge in [-0.3, -0.25) is 4.90 Å². The molecule has 0 radical (unpaired) electrons. The quantitative estimate of drug-likeness (QED) is 0.922. The molecule has 0 amide bonds. The normalized spacial score (nSPS) is 23.6. The SMILES string of the molecule is CC1CCCCCN1C(CN)c1ccc(Br)cc1. The summed E-state index contributed by atoms with van der Waals surface area (Å²) in [5.74, 6) is 0. The van der Waals surface area contributed by atoms with E-state index in [9.17, 15) is 0 Å². The van der Waals surface area contributed by atoms with Crippen molar-refractivity contribution in [1.29, 1.82) is 0 Å². The van der Waals surface area contributed by atoms with Crippen molar-refractivity contribution in [1.82, 2.24) is 4.90 Å². The summed E-state index contributed by atoms with van der Waals surface area (Å²) in [6, 6.07) is 9.62. The van der Waals surface area contributed by atoms with Gasteiger partial charge in [0.25, 0.3) is 0 Å². The van der Waals surface area contributed by atoms with E-state index >= 15 is 0 Å². The maximum Gasteiger partial charge on any atom is 0.0473 e. The molecule has 100 valence electrons. The van der Waals surface area contributed by atoms with Crippen LogP contribution in [0.5, 0.6) is 0 Å². The Morgan fingerprint density at radius 1 is 1.28 bits per heavy atom. The Morgan fingerprint density at radius 2 is 2.00 bits per heavy atom. The van der Waals surface area contributed by atoms with Crippen LogP contribution in [-0.4, -0.2) is 24.0 Å². The second-order valence-corrected chi connectivity index (χ2v) is 6.15. The third-order valence-electron chi connectivity index (χ3n) is 3.98. The standard InChI is InChI=1S/C15H23BrN2/c1-12-5-3-2-4-10-18(12)15(11-17)13-6-8-14(16)9-7-13/h6-9,12,15H,2-5,10-11,17H2,1H3. The van der Waals surface area contributed by atoms with Crippen molar-refractivity contribution in [3.8, 4) is 0 Å². The third-order valence-corrected chi connectivity index (χ3v) is 4.51. The second-order valence-electron chi connectivity index (χ2n) is 5.24. The molecule has 1 aromatic rings. The molecule has 1 heterocycles. The molecule has 1 aliphatic heterocycles. The largest absolute Gasteiger partial charge is 0.329 e. The van der Waals surface area contributed by atoms with Crippen LogP contribution in [0.3, 0.4) is 0 Å². The van der Waals surface area contributed by atoms with Crippen LogP contribution in [0.25, 0.3) is 0 Å². The van der Waals surface area contributed by atoms with Crippen LogP contribution in [0, 0.1) is 0 Å². The van der Waals surface area contributed by atoms with Crippen LogP contribution < -0.4 is 5.73 Å². The minimum Gasteiger partial charge on any atom is -0.329 e. The first-order valence-corrected chi connectivity index (χ1v) is 7.73. The number of benzene rings is 1. The Labute approximate surface area is 119 Å². The summed E-state index contributed by atoms with van der Waals surface area (Å²) < 4.78 is 1.13. The smallest absolute Gasteiger partial charge is 0.0473 e. The van der Waals surface area contributed by atoms with Crippen molar-refractivity contribution in [3.05, 3.63) is 34.3 Å². The van der Waals surface area contributed by atoms with Crippen molar-refractivity contribution in [2.45, 2.75) is 44.7 Å². The van der Waals surface area contributed by atoms with Crippen molar-refractivity contribution in [3.63, 3.8) is 0 Å². The summed E-state index contributed by atoms with van der Waals surface area (Å²) in [4.78, 5) is 2.59. The number of hydrogen-bond donors (Lipinski definition) is 1. The summed E-state index contributed by atoms with van der Waals surface area (Å²) in [5.41, 5.74) is 7.38. The Bertz CT molecular complexity index is 363. The predicted molar refractivity (Wildman–Crippen MR) is 80.6 cm³/mol. The lowest BCUT2D eigenvalue weighted by Crippen LogP contribution is -2.39. The van der Waals surface area contributed by atoms with E-state index in [0.29, 0.717) is 18.6 Å². The first-order valence-electron chi connectivity index (χ1n) is 6.93. The molecule has 1 saturated heterocycles. The van der Waals surface area contributed by atoms with Gasteiger partial charge < -0.3 is 5.73 Å². The molecular formula is C15H23BrN2. The van der Waals surface area contributed by atoms with E-state index in [2.05, 4.69) is 52.0 Å². The summed E-state index contributed by atoms with van der Waals surface area (Å²) in [7, 11) is 0. The zero-order valence-corrected chi connectivity index (χ0v) is 12.7. The fraction of sp³-hybridized carbons (Fsp3) is 0.600. The van der Waals surface area contributed by atoms with Gasteiger partial charge in [-0.2, -0.15) is 0 Å². The third kappa shape index (κ3) is 3.34. The number of likely N-dealkylation sites (tertiary alicyclic amines) is 1. The monoisotopic (exact) mass is 310 g/mol. The highest BCUT2D eigenvalue weighted by Crippen LogP contribution is 2.28. The molecular weight excluding hydrogens is 288 g/mol.